The fraction of sp³-hybridized carbons (Fsp3) is 0.182. The van der Waals surface area contributed by atoms with E-state index in [1.165, 1.54) is 0 Å². The number of aromatic amines is 1. The van der Waals surface area contributed by atoms with Crippen molar-refractivity contribution in [2.75, 3.05) is 7.11 Å². The number of aromatic nitrogens is 3. The van der Waals surface area contributed by atoms with E-state index in [0.717, 1.165) is 40.3 Å². The first kappa shape index (κ1) is 22.5. The number of benzene rings is 2. The van der Waals surface area contributed by atoms with Gasteiger partial charge in [0.05, 0.1) is 40.4 Å². The maximum atomic E-state index is 12.9. The molecule has 2 heterocycles. The van der Waals surface area contributed by atoms with Crippen LogP contribution in [0.15, 0.2) is 66.0 Å². The predicted octanol–water partition coefficient (Wildman–Crippen LogP) is 4.25. The van der Waals surface area contributed by atoms with Gasteiger partial charge in [0.1, 0.15) is 17.2 Å². The van der Waals surface area contributed by atoms with E-state index in [1.54, 1.807) is 13.3 Å². The zero-order chi connectivity index (χ0) is 20.2. The zero-order valence-corrected chi connectivity index (χ0v) is 20.0. The monoisotopic (exact) mass is 430 g/mol. The van der Waals surface area contributed by atoms with Crippen molar-refractivity contribution in [3.8, 4) is 17.2 Å². The van der Waals surface area contributed by atoms with Gasteiger partial charge < -0.3 is 14.5 Å². The van der Waals surface area contributed by atoms with Crippen molar-refractivity contribution in [2.24, 2.45) is 0 Å². The van der Waals surface area contributed by atoms with E-state index in [9.17, 15) is 4.21 Å². The Labute approximate surface area is 199 Å². The van der Waals surface area contributed by atoms with Crippen LogP contribution >= 0.6 is 0 Å². The SMILES string of the molecule is CCc1cnc(CS(=O)c2nc3ccc(OC)cc3[nH]2)cc1Oc1ccccc1.[Na]. The summed E-state index contributed by atoms with van der Waals surface area (Å²) in [5.41, 5.74) is 3.22. The molecule has 6 nitrogen and oxygen atoms in total. The number of methoxy groups -OCH3 is 1. The van der Waals surface area contributed by atoms with Gasteiger partial charge in [-0.05, 0) is 30.7 Å². The van der Waals surface area contributed by atoms with Gasteiger partial charge in [0.15, 0.2) is 5.16 Å². The molecule has 0 aliphatic rings. The Morgan fingerprint density at radius 2 is 1.87 bits per heavy atom. The number of nitrogens with zero attached hydrogens (tertiary/aromatic N) is 2. The Balaban J connectivity index is 0.00000256. The molecule has 149 valence electrons. The standard InChI is InChI=1S/C22H21N3O3S.Na/c1-3-15-13-23-16(11-21(15)28-17-7-5-4-6-8-17)14-29(26)22-24-19-10-9-18(27-2)12-20(19)25-22;/h4-13H,3,14H2,1-2H3,(H,24,25);. The van der Waals surface area contributed by atoms with Crippen LogP contribution in [0.3, 0.4) is 0 Å². The van der Waals surface area contributed by atoms with Gasteiger partial charge in [0, 0.05) is 53.5 Å². The second kappa shape index (κ2) is 10.2. The Morgan fingerprint density at radius 1 is 1.07 bits per heavy atom. The molecule has 8 heteroatoms. The second-order valence-electron chi connectivity index (χ2n) is 6.47. The number of para-hydroxylation sites is 1. The Morgan fingerprint density at radius 3 is 2.60 bits per heavy atom. The van der Waals surface area contributed by atoms with Crippen molar-refractivity contribution in [1.29, 1.82) is 0 Å². The number of rotatable bonds is 7. The third-order valence-electron chi connectivity index (χ3n) is 4.51. The molecule has 4 rings (SSSR count). The maximum Gasteiger partial charge on any atom is 0.197 e. The molecule has 0 saturated carbocycles. The molecule has 2 aromatic carbocycles. The minimum atomic E-state index is -1.36. The van der Waals surface area contributed by atoms with Crippen LogP contribution in [-0.4, -0.2) is 55.8 Å². The molecule has 0 aliphatic heterocycles. The maximum absolute atomic E-state index is 12.9. The average molecular weight is 430 g/mol. The number of hydrogen-bond donors (Lipinski definition) is 1. The first-order valence-electron chi connectivity index (χ1n) is 9.29. The smallest absolute Gasteiger partial charge is 0.197 e. The molecule has 1 N–H and O–H groups in total. The molecule has 0 bridgehead atoms. The van der Waals surface area contributed by atoms with E-state index in [4.69, 9.17) is 9.47 Å². The molecule has 1 atom stereocenters. The number of imidazole rings is 1. The third-order valence-corrected chi connectivity index (χ3v) is 5.70. The first-order valence-corrected chi connectivity index (χ1v) is 10.6. The van der Waals surface area contributed by atoms with E-state index >= 15 is 0 Å². The quantitative estimate of drug-likeness (QED) is 0.444. The number of pyridine rings is 1. The molecule has 1 unspecified atom stereocenters. The number of H-pyrrole nitrogens is 1. The minimum absolute atomic E-state index is 0. The van der Waals surface area contributed by atoms with Crippen LogP contribution in [0.2, 0.25) is 0 Å². The normalized spacial score (nSPS) is 11.7. The largest absolute Gasteiger partial charge is 0.497 e. The number of nitrogens with one attached hydrogen (secondary N) is 1. The van der Waals surface area contributed by atoms with E-state index in [-0.39, 0.29) is 35.3 Å². The minimum Gasteiger partial charge on any atom is -0.497 e. The molecule has 30 heavy (non-hydrogen) atoms. The Bertz CT molecular complexity index is 1160. The summed E-state index contributed by atoms with van der Waals surface area (Å²) in [6, 6.07) is 17.0. The van der Waals surface area contributed by atoms with Crippen molar-refractivity contribution >= 4 is 51.4 Å². The van der Waals surface area contributed by atoms with Crippen LogP contribution in [0.1, 0.15) is 18.2 Å². The zero-order valence-electron chi connectivity index (χ0n) is 17.2. The van der Waals surface area contributed by atoms with Crippen molar-refractivity contribution in [1.82, 2.24) is 15.0 Å². The van der Waals surface area contributed by atoms with Crippen molar-refractivity contribution in [3.63, 3.8) is 0 Å². The third kappa shape index (κ3) is 5.10. The second-order valence-corrected chi connectivity index (χ2v) is 7.83. The van der Waals surface area contributed by atoms with Crippen LogP contribution in [0.4, 0.5) is 0 Å². The van der Waals surface area contributed by atoms with Crippen LogP contribution in [0, 0.1) is 0 Å². The molecule has 0 spiro atoms. The molecule has 0 aliphatic carbocycles. The van der Waals surface area contributed by atoms with E-state index in [0.29, 0.717) is 10.9 Å². The summed E-state index contributed by atoms with van der Waals surface area (Å²) < 4.78 is 24.1. The number of hydrogen-bond acceptors (Lipinski definition) is 5. The van der Waals surface area contributed by atoms with Gasteiger partial charge >= 0.3 is 0 Å². The van der Waals surface area contributed by atoms with Gasteiger partial charge in [-0.25, -0.2) is 4.98 Å². The predicted molar refractivity (Wildman–Crippen MR) is 119 cm³/mol. The van der Waals surface area contributed by atoms with Gasteiger partial charge in [0.25, 0.3) is 0 Å². The summed E-state index contributed by atoms with van der Waals surface area (Å²) in [5, 5.41) is 0.417. The van der Waals surface area contributed by atoms with Gasteiger partial charge in [-0.3, -0.25) is 9.19 Å². The van der Waals surface area contributed by atoms with Crippen LogP contribution in [-0.2, 0) is 23.0 Å². The van der Waals surface area contributed by atoms with E-state index in [2.05, 4.69) is 21.9 Å². The Hall–Kier alpha value is -2.19. The molecule has 4 aromatic rings. The fourth-order valence-electron chi connectivity index (χ4n) is 2.96. The summed E-state index contributed by atoms with van der Waals surface area (Å²) in [6.07, 6.45) is 2.58. The van der Waals surface area contributed by atoms with Gasteiger partial charge in [-0.2, -0.15) is 0 Å². The fourth-order valence-corrected chi connectivity index (χ4v) is 3.95. The van der Waals surface area contributed by atoms with Crippen molar-refractivity contribution in [3.05, 3.63) is 72.1 Å². The molecular weight excluding hydrogens is 409 g/mol. The molecule has 1 radical (unpaired) electrons. The summed E-state index contributed by atoms with van der Waals surface area (Å²) >= 11 is 0. The van der Waals surface area contributed by atoms with Crippen molar-refractivity contribution < 1.29 is 13.7 Å². The number of ether oxygens (including phenoxy) is 2. The van der Waals surface area contributed by atoms with Crippen LogP contribution < -0.4 is 9.47 Å². The van der Waals surface area contributed by atoms with Crippen LogP contribution in [0.25, 0.3) is 11.0 Å². The molecular formula is C22H21N3NaO3S. The number of aryl methyl sites for hydroxylation is 1. The molecule has 0 saturated heterocycles. The van der Waals surface area contributed by atoms with E-state index < -0.39 is 10.8 Å². The molecule has 2 aromatic heterocycles. The summed E-state index contributed by atoms with van der Waals surface area (Å²) in [4.78, 5) is 12.0. The molecule has 0 fully saturated rings. The summed E-state index contributed by atoms with van der Waals surface area (Å²) in [5.74, 6) is 2.45. The summed E-state index contributed by atoms with van der Waals surface area (Å²) in [6.45, 7) is 2.05. The number of fused-ring (bicyclic) bond motifs is 1. The molecule has 0 amide bonds. The van der Waals surface area contributed by atoms with Gasteiger partial charge in [-0.15, -0.1) is 0 Å². The Kier molecular flexibility index (Phi) is 7.66. The van der Waals surface area contributed by atoms with Gasteiger partial charge in [0.2, 0.25) is 0 Å². The van der Waals surface area contributed by atoms with Crippen molar-refractivity contribution in [2.45, 2.75) is 24.3 Å². The van der Waals surface area contributed by atoms with Crippen LogP contribution in [0.5, 0.6) is 17.2 Å². The van der Waals surface area contributed by atoms with Gasteiger partial charge in [-0.1, -0.05) is 25.1 Å². The first-order chi connectivity index (χ1) is 14.2. The van der Waals surface area contributed by atoms with E-state index in [1.807, 2.05) is 54.6 Å². The topological polar surface area (TPSA) is 77.1 Å². The average Bonchev–Trinajstić information content (AvgIpc) is 3.18. The summed E-state index contributed by atoms with van der Waals surface area (Å²) in [7, 11) is 0.244.